The summed E-state index contributed by atoms with van der Waals surface area (Å²) in [5, 5.41) is 8.71. The number of piperidine rings is 1. The Balaban J connectivity index is 0.00000225. The molecule has 1 aromatic heterocycles. The fourth-order valence-electron chi connectivity index (χ4n) is 3.95. The molecule has 1 amide bonds. The average Bonchev–Trinajstić information content (AvgIpc) is 3.20. The first-order valence-corrected chi connectivity index (χ1v) is 10.1. The van der Waals surface area contributed by atoms with Crippen LogP contribution in [0.15, 0.2) is 30.5 Å². The molecule has 2 fully saturated rings. The van der Waals surface area contributed by atoms with E-state index >= 15 is 0 Å². The fraction of sp³-hybridized carbons (Fsp3) is 0.500. The molecule has 4 rings (SSSR count). The van der Waals surface area contributed by atoms with Crippen molar-refractivity contribution in [1.82, 2.24) is 20.0 Å². The Kier molecular flexibility index (Phi) is 6.86. The molecule has 2 aliphatic rings. The minimum absolute atomic E-state index is 0. The van der Waals surface area contributed by atoms with E-state index in [-0.39, 0.29) is 18.3 Å². The van der Waals surface area contributed by atoms with Crippen LogP contribution in [0.3, 0.4) is 0 Å². The summed E-state index contributed by atoms with van der Waals surface area (Å²) in [6, 6.07) is 8.17. The van der Waals surface area contributed by atoms with Gasteiger partial charge in [-0.25, -0.2) is 0 Å². The molecule has 3 heterocycles. The smallest absolute Gasteiger partial charge is 0.274 e. The van der Waals surface area contributed by atoms with Gasteiger partial charge < -0.3 is 15.1 Å². The normalized spacial score (nSPS) is 20.0. The molecule has 2 saturated heterocycles. The van der Waals surface area contributed by atoms with Crippen LogP contribution in [-0.4, -0.2) is 59.9 Å². The molecule has 0 aliphatic carbocycles. The third-order valence-electron chi connectivity index (χ3n) is 5.55. The number of amides is 1. The van der Waals surface area contributed by atoms with Crippen molar-refractivity contribution in [1.29, 1.82) is 0 Å². The van der Waals surface area contributed by atoms with Crippen molar-refractivity contribution in [2.45, 2.75) is 25.8 Å². The molecule has 152 valence electrons. The quantitative estimate of drug-likeness (QED) is 0.823. The van der Waals surface area contributed by atoms with Crippen LogP contribution < -0.4 is 10.2 Å². The zero-order valence-electron chi connectivity index (χ0n) is 16.1. The van der Waals surface area contributed by atoms with E-state index in [0.717, 1.165) is 49.7 Å². The van der Waals surface area contributed by atoms with Crippen LogP contribution in [0.5, 0.6) is 0 Å². The lowest BCUT2D eigenvalue weighted by molar-refractivity contribution is 0.0739. The lowest BCUT2D eigenvalue weighted by atomic mass is 10.1. The number of nitrogens with one attached hydrogen (secondary N) is 1. The van der Waals surface area contributed by atoms with Crippen molar-refractivity contribution in [3.05, 3.63) is 46.7 Å². The summed E-state index contributed by atoms with van der Waals surface area (Å²) in [4.78, 5) is 17.1. The first kappa shape index (κ1) is 21.0. The van der Waals surface area contributed by atoms with Crippen LogP contribution in [0, 0.1) is 6.92 Å². The molecule has 1 atom stereocenters. The van der Waals surface area contributed by atoms with Crippen LogP contribution >= 0.6 is 24.0 Å². The van der Waals surface area contributed by atoms with Crippen molar-refractivity contribution in [2.75, 3.05) is 44.2 Å². The van der Waals surface area contributed by atoms with Crippen molar-refractivity contribution >= 4 is 35.6 Å². The topological polar surface area (TPSA) is 53.4 Å². The van der Waals surface area contributed by atoms with Crippen molar-refractivity contribution in [3.8, 4) is 0 Å². The van der Waals surface area contributed by atoms with Crippen molar-refractivity contribution in [3.63, 3.8) is 0 Å². The molecule has 0 spiro atoms. The molecule has 0 bridgehead atoms. The van der Waals surface area contributed by atoms with Gasteiger partial charge in [0.05, 0.1) is 6.04 Å². The Labute approximate surface area is 177 Å². The number of rotatable bonds is 3. The highest BCUT2D eigenvalue weighted by atomic mass is 35.5. The van der Waals surface area contributed by atoms with Gasteiger partial charge in [-0.05, 0) is 50.1 Å². The fourth-order valence-corrected chi connectivity index (χ4v) is 4.12. The summed E-state index contributed by atoms with van der Waals surface area (Å²) < 4.78 is 1.95. The van der Waals surface area contributed by atoms with Gasteiger partial charge in [-0.1, -0.05) is 17.7 Å². The van der Waals surface area contributed by atoms with Crippen LogP contribution in [0.1, 0.15) is 34.9 Å². The second kappa shape index (κ2) is 9.16. The Hall–Kier alpha value is -1.76. The zero-order chi connectivity index (χ0) is 18.8. The van der Waals surface area contributed by atoms with Crippen molar-refractivity contribution < 1.29 is 4.79 Å². The lowest BCUT2D eigenvalue weighted by Crippen LogP contribution is -2.49. The minimum Gasteiger partial charge on any atom is -0.368 e. The van der Waals surface area contributed by atoms with E-state index in [0.29, 0.717) is 24.8 Å². The number of nitrogens with zero attached hydrogens (tertiary/aromatic N) is 4. The lowest BCUT2D eigenvalue weighted by Gasteiger charge is -2.36. The SMILES string of the molecule is Cc1ccc(Cl)cc1N1CCN(C(=O)c2ccn(C3CCCNC3)n2)CC1.Cl. The number of halogens is 2. The molecular weight excluding hydrogens is 397 g/mol. The van der Waals surface area contributed by atoms with Gasteiger partial charge >= 0.3 is 0 Å². The molecule has 28 heavy (non-hydrogen) atoms. The number of hydrogen-bond donors (Lipinski definition) is 1. The first-order valence-electron chi connectivity index (χ1n) is 9.68. The van der Waals surface area contributed by atoms with Gasteiger partial charge in [0.25, 0.3) is 5.91 Å². The predicted molar refractivity (Wildman–Crippen MR) is 115 cm³/mol. The summed E-state index contributed by atoms with van der Waals surface area (Å²) in [6.07, 6.45) is 4.20. The molecule has 1 N–H and O–H groups in total. The molecule has 2 aliphatic heterocycles. The maximum absolute atomic E-state index is 12.9. The number of aryl methyl sites for hydroxylation is 1. The predicted octanol–water partition coefficient (Wildman–Crippen LogP) is 3.15. The molecule has 6 nitrogen and oxygen atoms in total. The summed E-state index contributed by atoms with van der Waals surface area (Å²) in [7, 11) is 0. The number of benzene rings is 1. The number of carbonyl (C=O) groups excluding carboxylic acids is 1. The molecular formula is C20H27Cl2N5O. The minimum atomic E-state index is 0. The number of aromatic nitrogens is 2. The third kappa shape index (κ3) is 4.45. The maximum atomic E-state index is 12.9. The van der Waals surface area contributed by atoms with Gasteiger partial charge in [-0.3, -0.25) is 9.48 Å². The molecule has 0 saturated carbocycles. The van der Waals surface area contributed by atoms with Gasteiger partial charge in [0.1, 0.15) is 5.69 Å². The van der Waals surface area contributed by atoms with E-state index in [2.05, 4.69) is 22.2 Å². The Morgan fingerprint density at radius 2 is 2.00 bits per heavy atom. The number of anilines is 1. The monoisotopic (exact) mass is 423 g/mol. The number of piperazine rings is 1. The Morgan fingerprint density at radius 1 is 1.21 bits per heavy atom. The molecule has 1 aromatic carbocycles. The summed E-state index contributed by atoms with van der Waals surface area (Å²) >= 11 is 6.16. The molecule has 1 unspecified atom stereocenters. The van der Waals surface area contributed by atoms with E-state index in [1.54, 1.807) is 0 Å². The highest BCUT2D eigenvalue weighted by molar-refractivity contribution is 6.30. The highest BCUT2D eigenvalue weighted by Gasteiger charge is 2.25. The summed E-state index contributed by atoms with van der Waals surface area (Å²) in [5.41, 5.74) is 2.91. The Morgan fingerprint density at radius 3 is 2.71 bits per heavy atom. The molecule has 2 aromatic rings. The largest absolute Gasteiger partial charge is 0.368 e. The molecule has 0 radical (unpaired) electrons. The van der Waals surface area contributed by atoms with Gasteiger partial charge in [0, 0.05) is 49.6 Å². The van der Waals surface area contributed by atoms with E-state index in [1.165, 1.54) is 5.56 Å². The van der Waals surface area contributed by atoms with Gasteiger partial charge in [-0.15, -0.1) is 12.4 Å². The zero-order valence-corrected chi connectivity index (χ0v) is 17.7. The summed E-state index contributed by atoms with van der Waals surface area (Å²) in [6.45, 7) is 7.09. The van der Waals surface area contributed by atoms with Crippen molar-refractivity contribution in [2.24, 2.45) is 0 Å². The second-order valence-corrected chi connectivity index (χ2v) is 7.83. The average molecular weight is 424 g/mol. The van der Waals surface area contributed by atoms with Crippen LogP contribution in [0.25, 0.3) is 0 Å². The van der Waals surface area contributed by atoms with Crippen LogP contribution in [0.2, 0.25) is 5.02 Å². The van der Waals surface area contributed by atoms with E-state index in [9.17, 15) is 4.79 Å². The van der Waals surface area contributed by atoms with Gasteiger partial charge in [0.2, 0.25) is 0 Å². The second-order valence-electron chi connectivity index (χ2n) is 7.39. The maximum Gasteiger partial charge on any atom is 0.274 e. The van der Waals surface area contributed by atoms with E-state index in [1.807, 2.05) is 40.0 Å². The summed E-state index contributed by atoms with van der Waals surface area (Å²) in [5.74, 6) is 0.0278. The third-order valence-corrected chi connectivity index (χ3v) is 5.79. The van der Waals surface area contributed by atoms with Crippen LogP contribution in [-0.2, 0) is 0 Å². The highest BCUT2D eigenvalue weighted by Crippen LogP contribution is 2.25. The van der Waals surface area contributed by atoms with Gasteiger partial charge in [0.15, 0.2) is 0 Å². The van der Waals surface area contributed by atoms with Crippen LogP contribution in [0.4, 0.5) is 5.69 Å². The molecule has 8 heteroatoms. The van der Waals surface area contributed by atoms with E-state index in [4.69, 9.17) is 11.6 Å². The first-order chi connectivity index (χ1) is 13.1. The standard InChI is InChI=1S/C20H26ClN5O.ClH/c1-15-4-5-16(21)13-19(15)24-9-11-25(12-10-24)20(27)18-6-8-26(23-18)17-3-2-7-22-14-17;/h4-6,8,13,17,22H,2-3,7,9-12,14H2,1H3;1H. The number of hydrogen-bond acceptors (Lipinski definition) is 4. The van der Waals surface area contributed by atoms with E-state index < -0.39 is 0 Å². The number of carbonyl (C=O) groups is 1. The van der Waals surface area contributed by atoms with Gasteiger partial charge in [-0.2, -0.15) is 5.10 Å². The Bertz CT molecular complexity index is 811.